The molecule has 0 radical (unpaired) electrons. The Balaban J connectivity index is 1.33. The van der Waals surface area contributed by atoms with Crippen LogP contribution >= 0.6 is 0 Å². The van der Waals surface area contributed by atoms with E-state index in [-0.39, 0.29) is 11.4 Å². The van der Waals surface area contributed by atoms with Gasteiger partial charge in [-0.1, -0.05) is 19.4 Å². The summed E-state index contributed by atoms with van der Waals surface area (Å²) < 4.78 is 13.9. The van der Waals surface area contributed by atoms with Gasteiger partial charge in [-0.2, -0.15) is 5.26 Å². The van der Waals surface area contributed by atoms with Crippen molar-refractivity contribution in [3.8, 4) is 6.07 Å². The second-order valence-electron chi connectivity index (χ2n) is 9.47. The van der Waals surface area contributed by atoms with Crippen LogP contribution < -0.4 is 0 Å². The highest BCUT2D eigenvalue weighted by molar-refractivity contribution is 5.34. The Bertz CT molecular complexity index is 667. The maximum atomic E-state index is 13.9. The zero-order chi connectivity index (χ0) is 18.1. The van der Waals surface area contributed by atoms with Crippen molar-refractivity contribution < 1.29 is 4.39 Å². The molecular weight excluding hydrogens is 321 g/mol. The third kappa shape index (κ3) is 3.68. The molecule has 0 saturated heterocycles. The van der Waals surface area contributed by atoms with E-state index in [1.165, 1.54) is 64.2 Å². The molecule has 3 fully saturated rings. The highest BCUT2D eigenvalue weighted by Gasteiger charge is 2.38. The number of hydrogen-bond acceptors (Lipinski definition) is 1. The second-order valence-corrected chi connectivity index (χ2v) is 9.47. The van der Waals surface area contributed by atoms with Gasteiger partial charge in [0.2, 0.25) is 0 Å². The molecule has 3 aliphatic carbocycles. The number of nitrogens with zero attached hydrogens (tertiary/aromatic N) is 1. The highest BCUT2D eigenvalue weighted by atomic mass is 19.1. The molecule has 1 aromatic rings. The number of halogens is 1. The van der Waals surface area contributed by atoms with Crippen molar-refractivity contribution in [2.45, 2.75) is 77.0 Å². The maximum absolute atomic E-state index is 13.9. The quantitative estimate of drug-likeness (QED) is 0.572. The van der Waals surface area contributed by atoms with Gasteiger partial charge in [0, 0.05) is 0 Å². The molecule has 140 valence electrons. The summed E-state index contributed by atoms with van der Waals surface area (Å²) >= 11 is 0. The molecule has 0 aliphatic heterocycles. The Kier molecular flexibility index (Phi) is 5.35. The van der Waals surface area contributed by atoms with E-state index in [2.05, 4.69) is 6.92 Å². The first-order chi connectivity index (χ1) is 12.6. The van der Waals surface area contributed by atoms with E-state index in [0.717, 1.165) is 35.2 Å². The van der Waals surface area contributed by atoms with Crippen molar-refractivity contribution in [3.63, 3.8) is 0 Å². The minimum Gasteiger partial charge on any atom is -0.206 e. The normalized spacial score (nSPS) is 37.6. The van der Waals surface area contributed by atoms with E-state index in [1.54, 1.807) is 12.1 Å². The van der Waals surface area contributed by atoms with Gasteiger partial charge in [-0.25, -0.2) is 4.39 Å². The van der Waals surface area contributed by atoms with Gasteiger partial charge >= 0.3 is 0 Å². The van der Waals surface area contributed by atoms with Gasteiger partial charge in [0.15, 0.2) is 0 Å². The standard InChI is InChI=1S/C24H32FN/c1-16-2-3-21-13-20(9-8-19(21)12-16)17-4-6-18(7-5-17)22-10-11-23(15-26)24(25)14-22/h10-11,14,16-21H,2-9,12-13H2,1H3. The topological polar surface area (TPSA) is 23.8 Å². The number of nitriles is 1. The van der Waals surface area contributed by atoms with Crippen LogP contribution in [0.5, 0.6) is 0 Å². The molecule has 4 rings (SSSR count). The fourth-order valence-corrected chi connectivity index (χ4v) is 6.39. The smallest absolute Gasteiger partial charge is 0.141 e. The first kappa shape index (κ1) is 18.0. The summed E-state index contributed by atoms with van der Waals surface area (Å²) in [6.07, 6.45) is 13.8. The van der Waals surface area contributed by atoms with Crippen LogP contribution in [0.25, 0.3) is 0 Å². The number of hydrogen-bond donors (Lipinski definition) is 0. The molecule has 4 atom stereocenters. The molecule has 3 saturated carbocycles. The first-order valence-electron chi connectivity index (χ1n) is 10.8. The van der Waals surface area contributed by atoms with Crippen LogP contribution in [0.4, 0.5) is 4.39 Å². The summed E-state index contributed by atoms with van der Waals surface area (Å²) in [5.74, 6) is 4.97. The Hall–Kier alpha value is -1.36. The van der Waals surface area contributed by atoms with Crippen LogP contribution in [0.2, 0.25) is 0 Å². The lowest BCUT2D eigenvalue weighted by molar-refractivity contribution is 0.0672. The maximum Gasteiger partial charge on any atom is 0.141 e. The summed E-state index contributed by atoms with van der Waals surface area (Å²) in [5.41, 5.74) is 1.27. The van der Waals surface area contributed by atoms with Crippen molar-refractivity contribution >= 4 is 0 Å². The van der Waals surface area contributed by atoms with E-state index < -0.39 is 0 Å². The van der Waals surface area contributed by atoms with Crippen LogP contribution in [0, 0.1) is 46.7 Å². The molecule has 0 spiro atoms. The molecule has 2 heteroatoms. The molecule has 4 unspecified atom stereocenters. The van der Waals surface area contributed by atoms with Gasteiger partial charge in [0.05, 0.1) is 5.56 Å². The molecule has 3 aliphatic rings. The number of fused-ring (bicyclic) bond motifs is 1. The van der Waals surface area contributed by atoms with Crippen molar-refractivity contribution in [2.75, 3.05) is 0 Å². The predicted molar refractivity (Wildman–Crippen MR) is 103 cm³/mol. The lowest BCUT2D eigenvalue weighted by Gasteiger charge is -2.45. The predicted octanol–water partition coefficient (Wildman–Crippen LogP) is 6.82. The van der Waals surface area contributed by atoms with Crippen molar-refractivity contribution in [2.24, 2.45) is 29.6 Å². The third-order valence-corrected chi connectivity index (χ3v) is 7.94. The Morgan fingerprint density at radius 2 is 1.46 bits per heavy atom. The van der Waals surface area contributed by atoms with E-state index in [0.29, 0.717) is 5.92 Å². The van der Waals surface area contributed by atoms with Crippen LogP contribution in [0.3, 0.4) is 0 Å². The van der Waals surface area contributed by atoms with E-state index >= 15 is 0 Å². The van der Waals surface area contributed by atoms with Crippen molar-refractivity contribution in [1.82, 2.24) is 0 Å². The summed E-state index contributed by atoms with van der Waals surface area (Å²) in [7, 11) is 0. The zero-order valence-corrected chi connectivity index (χ0v) is 16.1. The van der Waals surface area contributed by atoms with Crippen molar-refractivity contribution in [3.05, 3.63) is 35.1 Å². The average molecular weight is 354 g/mol. The lowest BCUT2D eigenvalue weighted by atomic mass is 9.61. The van der Waals surface area contributed by atoms with Gasteiger partial charge in [0.1, 0.15) is 11.9 Å². The Labute approximate surface area is 158 Å². The summed E-state index contributed by atoms with van der Waals surface area (Å²) in [5, 5.41) is 8.91. The number of benzene rings is 1. The molecule has 0 heterocycles. The lowest BCUT2D eigenvalue weighted by Crippen LogP contribution is -2.34. The van der Waals surface area contributed by atoms with Gasteiger partial charge in [0.25, 0.3) is 0 Å². The first-order valence-corrected chi connectivity index (χ1v) is 10.8. The fourth-order valence-electron chi connectivity index (χ4n) is 6.39. The minimum absolute atomic E-state index is 0.168. The van der Waals surface area contributed by atoms with Crippen LogP contribution in [-0.4, -0.2) is 0 Å². The summed E-state index contributed by atoms with van der Waals surface area (Å²) in [4.78, 5) is 0. The van der Waals surface area contributed by atoms with E-state index in [1.807, 2.05) is 12.1 Å². The molecule has 0 amide bonds. The molecule has 0 N–H and O–H groups in total. The Morgan fingerprint density at radius 3 is 2.15 bits per heavy atom. The zero-order valence-electron chi connectivity index (χ0n) is 16.1. The van der Waals surface area contributed by atoms with E-state index in [9.17, 15) is 4.39 Å². The summed E-state index contributed by atoms with van der Waals surface area (Å²) in [6.45, 7) is 2.44. The van der Waals surface area contributed by atoms with Gasteiger partial charge in [-0.3, -0.25) is 0 Å². The van der Waals surface area contributed by atoms with Crippen LogP contribution in [0.1, 0.15) is 88.2 Å². The SMILES string of the molecule is CC1CCC2CC(C3CCC(c4ccc(C#N)c(F)c4)CC3)CCC2C1. The highest BCUT2D eigenvalue weighted by Crippen LogP contribution is 2.49. The third-order valence-electron chi connectivity index (χ3n) is 7.94. The molecule has 0 bridgehead atoms. The van der Waals surface area contributed by atoms with Gasteiger partial charge < -0.3 is 0 Å². The van der Waals surface area contributed by atoms with Crippen LogP contribution in [-0.2, 0) is 0 Å². The minimum atomic E-state index is -0.350. The molecule has 1 aromatic carbocycles. The molecule has 0 aromatic heterocycles. The molecule has 1 nitrogen and oxygen atoms in total. The molecule has 26 heavy (non-hydrogen) atoms. The van der Waals surface area contributed by atoms with Crippen molar-refractivity contribution in [1.29, 1.82) is 5.26 Å². The van der Waals surface area contributed by atoms with Gasteiger partial charge in [-0.15, -0.1) is 0 Å². The average Bonchev–Trinajstić information content (AvgIpc) is 2.67. The second kappa shape index (κ2) is 7.71. The Morgan fingerprint density at radius 1 is 0.846 bits per heavy atom. The largest absolute Gasteiger partial charge is 0.206 e. The summed E-state index contributed by atoms with van der Waals surface area (Å²) in [6, 6.07) is 7.16. The molecular formula is C24H32FN. The fraction of sp³-hybridized carbons (Fsp3) is 0.708. The van der Waals surface area contributed by atoms with Gasteiger partial charge in [-0.05, 0) is 111 Å². The number of rotatable bonds is 2. The van der Waals surface area contributed by atoms with E-state index in [4.69, 9.17) is 5.26 Å². The van der Waals surface area contributed by atoms with Crippen LogP contribution in [0.15, 0.2) is 18.2 Å². The monoisotopic (exact) mass is 353 g/mol.